The molecule has 2 aromatic carbocycles. The lowest BCUT2D eigenvalue weighted by Gasteiger charge is -2.20. The summed E-state index contributed by atoms with van der Waals surface area (Å²) in [5, 5.41) is 3.70. The lowest BCUT2D eigenvalue weighted by Crippen LogP contribution is -2.12. The Labute approximate surface area is 123 Å². The van der Waals surface area contributed by atoms with Gasteiger partial charge in [0.25, 0.3) is 0 Å². The number of hydrogen-bond acceptors (Lipinski definition) is 1. The molecule has 0 saturated heterocycles. The van der Waals surface area contributed by atoms with Crippen molar-refractivity contribution in [2.75, 3.05) is 5.32 Å². The first-order chi connectivity index (χ1) is 9.24. The lowest BCUT2D eigenvalue weighted by molar-refractivity contribution is 0.679. The fourth-order valence-corrected chi connectivity index (χ4v) is 2.80. The maximum absolute atomic E-state index is 3.70. The van der Waals surface area contributed by atoms with E-state index in [9.17, 15) is 0 Å². The number of benzene rings is 2. The van der Waals surface area contributed by atoms with Crippen molar-refractivity contribution in [2.24, 2.45) is 5.92 Å². The minimum absolute atomic E-state index is 0.441. The number of hydrogen-bond donors (Lipinski definition) is 1. The molecule has 98 valence electrons. The molecule has 1 aliphatic rings. The van der Waals surface area contributed by atoms with Crippen molar-refractivity contribution < 1.29 is 0 Å². The third-order valence-corrected chi connectivity index (χ3v) is 4.60. The molecular formula is C17H18BrN. The highest BCUT2D eigenvalue weighted by atomic mass is 79.9. The first-order valence-corrected chi connectivity index (χ1v) is 7.61. The van der Waals surface area contributed by atoms with E-state index in [0.717, 1.165) is 5.92 Å². The van der Waals surface area contributed by atoms with Crippen LogP contribution in [0.5, 0.6) is 0 Å². The Morgan fingerprint density at radius 2 is 1.84 bits per heavy atom. The summed E-state index contributed by atoms with van der Waals surface area (Å²) in [6, 6.07) is 17.7. The van der Waals surface area contributed by atoms with Gasteiger partial charge in [0.2, 0.25) is 0 Å². The van der Waals surface area contributed by atoms with Gasteiger partial charge in [-0.25, -0.2) is 0 Å². The fourth-order valence-electron chi connectivity index (χ4n) is 2.43. The normalized spacial score (nSPS) is 16.1. The van der Waals surface area contributed by atoms with Gasteiger partial charge in [0, 0.05) is 10.2 Å². The molecule has 0 spiro atoms. The van der Waals surface area contributed by atoms with Gasteiger partial charge in [0.1, 0.15) is 0 Å². The predicted molar refractivity (Wildman–Crippen MR) is 84.4 cm³/mol. The van der Waals surface area contributed by atoms with Gasteiger partial charge in [0.15, 0.2) is 0 Å². The van der Waals surface area contributed by atoms with E-state index in [1.54, 1.807) is 0 Å². The first kappa shape index (κ1) is 12.7. The molecule has 1 N–H and O–H groups in total. The SMILES string of the molecule is Cc1ccc(NC(c2ccccc2)C2CC2)cc1Br. The van der Waals surface area contributed by atoms with Crippen LogP contribution in [0.1, 0.15) is 30.0 Å². The predicted octanol–water partition coefficient (Wildman–Crippen LogP) is 5.32. The fraction of sp³-hybridized carbons (Fsp3) is 0.294. The van der Waals surface area contributed by atoms with E-state index < -0.39 is 0 Å². The van der Waals surface area contributed by atoms with E-state index in [0.29, 0.717) is 6.04 Å². The Bertz CT molecular complexity index is 561. The van der Waals surface area contributed by atoms with Crippen LogP contribution in [0.4, 0.5) is 5.69 Å². The Morgan fingerprint density at radius 1 is 1.11 bits per heavy atom. The molecule has 0 bridgehead atoms. The third-order valence-electron chi connectivity index (χ3n) is 3.75. The molecule has 0 amide bonds. The summed E-state index contributed by atoms with van der Waals surface area (Å²) in [5.41, 5.74) is 3.85. The van der Waals surface area contributed by atoms with Crippen LogP contribution < -0.4 is 5.32 Å². The number of anilines is 1. The van der Waals surface area contributed by atoms with Crippen molar-refractivity contribution in [3.8, 4) is 0 Å². The van der Waals surface area contributed by atoms with Crippen molar-refractivity contribution in [1.29, 1.82) is 0 Å². The highest BCUT2D eigenvalue weighted by molar-refractivity contribution is 9.10. The molecule has 0 aromatic heterocycles. The van der Waals surface area contributed by atoms with Gasteiger partial charge in [-0.1, -0.05) is 52.3 Å². The highest BCUT2D eigenvalue weighted by Gasteiger charge is 2.32. The van der Waals surface area contributed by atoms with Crippen LogP contribution >= 0.6 is 15.9 Å². The molecule has 0 aliphatic heterocycles. The molecule has 0 radical (unpaired) electrons. The zero-order valence-corrected chi connectivity index (χ0v) is 12.7. The number of aryl methyl sites for hydroxylation is 1. The van der Waals surface area contributed by atoms with Crippen LogP contribution in [0.3, 0.4) is 0 Å². The monoisotopic (exact) mass is 315 g/mol. The molecule has 19 heavy (non-hydrogen) atoms. The Kier molecular flexibility index (Phi) is 3.61. The summed E-state index contributed by atoms with van der Waals surface area (Å²) < 4.78 is 1.17. The molecule has 0 heterocycles. The van der Waals surface area contributed by atoms with Gasteiger partial charge in [-0.2, -0.15) is 0 Å². The number of halogens is 1. The van der Waals surface area contributed by atoms with Crippen LogP contribution in [0.2, 0.25) is 0 Å². The summed E-state index contributed by atoms with van der Waals surface area (Å²) in [6.45, 7) is 2.11. The van der Waals surface area contributed by atoms with Gasteiger partial charge in [0.05, 0.1) is 6.04 Å². The van der Waals surface area contributed by atoms with Crippen molar-refractivity contribution in [1.82, 2.24) is 0 Å². The maximum atomic E-state index is 3.70. The average molecular weight is 316 g/mol. The second kappa shape index (κ2) is 5.38. The lowest BCUT2D eigenvalue weighted by atomic mass is 10.0. The molecule has 1 atom stereocenters. The Balaban J connectivity index is 1.84. The zero-order valence-electron chi connectivity index (χ0n) is 11.1. The summed E-state index contributed by atoms with van der Waals surface area (Å²) in [4.78, 5) is 0. The summed E-state index contributed by atoms with van der Waals surface area (Å²) in [5.74, 6) is 0.780. The molecule has 1 unspecified atom stereocenters. The molecule has 2 heteroatoms. The zero-order chi connectivity index (χ0) is 13.2. The first-order valence-electron chi connectivity index (χ1n) is 6.81. The quantitative estimate of drug-likeness (QED) is 0.805. The van der Waals surface area contributed by atoms with Crippen molar-refractivity contribution >= 4 is 21.6 Å². The van der Waals surface area contributed by atoms with E-state index in [1.807, 2.05) is 0 Å². The average Bonchev–Trinajstić information content (AvgIpc) is 3.25. The second-order valence-corrected chi connectivity index (χ2v) is 6.19. The van der Waals surface area contributed by atoms with Crippen molar-refractivity contribution in [2.45, 2.75) is 25.8 Å². The van der Waals surface area contributed by atoms with Gasteiger partial charge in [-0.05, 0) is 48.9 Å². The van der Waals surface area contributed by atoms with E-state index in [1.165, 1.54) is 34.1 Å². The molecule has 1 fully saturated rings. The minimum Gasteiger partial charge on any atom is -0.378 e. The highest BCUT2D eigenvalue weighted by Crippen LogP contribution is 2.43. The van der Waals surface area contributed by atoms with Gasteiger partial charge in [-0.3, -0.25) is 0 Å². The van der Waals surface area contributed by atoms with Crippen molar-refractivity contribution in [3.63, 3.8) is 0 Å². The number of nitrogens with one attached hydrogen (secondary N) is 1. The minimum atomic E-state index is 0.441. The smallest absolute Gasteiger partial charge is 0.0542 e. The summed E-state index contributed by atoms with van der Waals surface area (Å²) in [6.07, 6.45) is 2.67. The molecule has 1 aliphatic carbocycles. The largest absolute Gasteiger partial charge is 0.378 e. The summed E-state index contributed by atoms with van der Waals surface area (Å²) >= 11 is 3.60. The molecule has 2 aromatic rings. The van der Waals surface area contributed by atoms with Gasteiger partial charge < -0.3 is 5.32 Å². The second-order valence-electron chi connectivity index (χ2n) is 5.33. The van der Waals surface area contributed by atoms with Crippen LogP contribution in [0.25, 0.3) is 0 Å². The van der Waals surface area contributed by atoms with E-state index in [-0.39, 0.29) is 0 Å². The molecule has 3 rings (SSSR count). The molecule has 1 nitrogen and oxygen atoms in total. The van der Waals surface area contributed by atoms with Crippen molar-refractivity contribution in [3.05, 3.63) is 64.1 Å². The molecule has 1 saturated carbocycles. The maximum Gasteiger partial charge on any atom is 0.0542 e. The van der Waals surface area contributed by atoms with Gasteiger partial charge >= 0.3 is 0 Å². The summed E-state index contributed by atoms with van der Waals surface area (Å²) in [7, 11) is 0. The Hall–Kier alpha value is -1.28. The standard InChI is InChI=1S/C17H18BrN/c1-12-7-10-15(11-16(12)18)19-17(14-8-9-14)13-5-3-2-4-6-13/h2-7,10-11,14,17,19H,8-9H2,1H3. The topological polar surface area (TPSA) is 12.0 Å². The van der Waals surface area contributed by atoms with E-state index in [2.05, 4.69) is 76.7 Å². The van der Waals surface area contributed by atoms with Gasteiger partial charge in [-0.15, -0.1) is 0 Å². The van der Waals surface area contributed by atoms with Crippen LogP contribution in [0.15, 0.2) is 53.0 Å². The van der Waals surface area contributed by atoms with Crippen LogP contribution in [-0.2, 0) is 0 Å². The van der Waals surface area contributed by atoms with E-state index >= 15 is 0 Å². The third kappa shape index (κ3) is 3.01. The number of rotatable bonds is 4. The molecular weight excluding hydrogens is 298 g/mol. The van der Waals surface area contributed by atoms with Crippen LogP contribution in [0, 0.1) is 12.8 Å². The Morgan fingerprint density at radius 3 is 2.47 bits per heavy atom. The van der Waals surface area contributed by atoms with E-state index in [4.69, 9.17) is 0 Å². The van der Waals surface area contributed by atoms with Crippen LogP contribution in [-0.4, -0.2) is 0 Å².